The predicted octanol–water partition coefficient (Wildman–Crippen LogP) is -0.0702. The molecule has 1 fully saturated rings. The normalized spacial score (nSPS) is 21.9. The van der Waals surface area contributed by atoms with Crippen LogP contribution in [0.1, 0.15) is 11.1 Å². The molecule has 156 valence electrons. The summed E-state index contributed by atoms with van der Waals surface area (Å²) in [6.45, 7) is 7.22. The number of quaternary nitrogens is 2. The smallest absolute Gasteiger partial charge is 0.231 e. The molecule has 2 aromatic carbocycles. The lowest BCUT2D eigenvalue weighted by Gasteiger charge is -2.30. The van der Waals surface area contributed by atoms with Crippen molar-refractivity contribution in [3.63, 3.8) is 0 Å². The van der Waals surface area contributed by atoms with Crippen LogP contribution in [0.3, 0.4) is 0 Å². The molecule has 4 rings (SSSR count). The third kappa shape index (κ3) is 5.84. The van der Waals surface area contributed by atoms with Crippen molar-refractivity contribution in [1.29, 1.82) is 0 Å². The van der Waals surface area contributed by atoms with E-state index in [1.807, 2.05) is 30.3 Å². The Kier molecular flexibility index (Phi) is 6.90. The summed E-state index contributed by atoms with van der Waals surface area (Å²) in [6, 6.07) is 13.9. The summed E-state index contributed by atoms with van der Waals surface area (Å²) in [6.07, 6.45) is -0.447. The van der Waals surface area contributed by atoms with E-state index in [2.05, 4.69) is 12.1 Å². The highest BCUT2D eigenvalue weighted by molar-refractivity contribution is 6.30. The molecular weight excluding hydrogens is 392 g/mol. The fraction of sp³-hybridized carbons (Fsp3) is 0.455. The molecule has 6 nitrogen and oxygen atoms in total. The number of hydrogen-bond donors (Lipinski definition) is 3. The van der Waals surface area contributed by atoms with Crippen LogP contribution in [-0.2, 0) is 17.9 Å². The third-order valence-corrected chi connectivity index (χ3v) is 5.82. The molecule has 0 aliphatic carbocycles. The Morgan fingerprint density at radius 2 is 1.62 bits per heavy atom. The first-order chi connectivity index (χ1) is 14.2. The van der Waals surface area contributed by atoms with Crippen molar-refractivity contribution in [3.8, 4) is 11.5 Å². The van der Waals surface area contributed by atoms with Crippen LogP contribution in [0.5, 0.6) is 11.5 Å². The maximum atomic E-state index is 10.4. The van der Waals surface area contributed by atoms with Crippen LogP contribution in [0, 0.1) is 0 Å². The van der Waals surface area contributed by atoms with E-state index < -0.39 is 6.10 Å². The Balaban J connectivity index is 1.13. The lowest BCUT2D eigenvalue weighted by molar-refractivity contribution is -1.02. The summed E-state index contributed by atoms with van der Waals surface area (Å²) in [7, 11) is 0. The topological polar surface area (TPSA) is 56.8 Å². The summed E-state index contributed by atoms with van der Waals surface area (Å²) in [5.41, 5.74) is 2.35. The van der Waals surface area contributed by atoms with Crippen molar-refractivity contribution in [1.82, 2.24) is 0 Å². The van der Waals surface area contributed by atoms with Crippen molar-refractivity contribution in [2.24, 2.45) is 0 Å². The lowest BCUT2D eigenvalue weighted by Crippen LogP contribution is -3.28. The van der Waals surface area contributed by atoms with Gasteiger partial charge in [0.2, 0.25) is 6.79 Å². The first-order valence-corrected chi connectivity index (χ1v) is 10.6. The first-order valence-electron chi connectivity index (χ1n) is 10.2. The molecule has 0 aromatic heterocycles. The van der Waals surface area contributed by atoms with Gasteiger partial charge >= 0.3 is 0 Å². The number of halogens is 1. The van der Waals surface area contributed by atoms with Crippen LogP contribution >= 0.6 is 11.6 Å². The van der Waals surface area contributed by atoms with Gasteiger partial charge in [-0.15, -0.1) is 0 Å². The van der Waals surface area contributed by atoms with E-state index in [0.29, 0.717) is 13.2 Å². The summed E-state index contributed by atoms with van der Waals surface area (Å²) in [5.74, 6) is 1.53. The van der Waals surface area contributed by atoms with Crippen molar-refractivity contribution < 1.29 is 29.1 Å². The highest BCUT2D eigenvalue weighted by atomic mass is 35.5. The van der Waals surface area contributed by atoms with Gasteiger partial charge in [0.15, 0.2) is 11.5 Å². The van der Waals surface area contributed by atoms with Crippen molar-refractivity contribution in [2.45, 2.75) is 19.3 Å². The van der Waals surface area contributed by atoms with Crippen molar-refractivity contribution >= 4 is 11.6 Å². The van der Waals surface area contributed by atoms with Crippen LogP contribution < -0.4 is 19.3 Å². The van der Waals surface area contributed by atoms with Gasteiger partial charge in [0.05, 0.1) is 13.2 Å². The number of aliphatic hydroxyl groups excluding tert-OH is 1. The Morgan fingerprint density at radius 1 is 0.931 bits per heavy atom. The monoisotopic (exact) mass is 420 g/mol. The van der Waals surface area contributed by atoms with Gasteiger partial charge in [-0.2, -0.15) is 0 Å². The standard InChI is InChI=1S/C22H27ClN2O4/c23-19-4-1-17(2-5-19)12-24-7-9-25(10-8-24)13-20(26)15-27-14-18-3-6-21-22(11-18)29-16-28-21/h1-6,11,20,26H,7-10,12-16H2/p+2/t20-/m0/s1. The van der Waals surface area contributed by atoms with E-state index in [1.54, 1.807) is 4.90 Å². The molecular formula is C22H29ClN2O4+2. The van der Waals surface area contributed by atoms with E-state index in [9.17, 15) is 5.11 Å². The Morgan fingerprint density at radius 3 is 2.41 bits per heavy atom. The molecule has 29 heavy (non-hydrogen) atoms. The van der Waals surface area contributed by atoms with E-state index in [0.717, 1.165) is 61.4 Å². The zero-order valence-corrected chi connectivity index (χ0v) is 17.3. The minimum atomic E-state index is -0.447. The van der Waals surface area contributed by atoms with E-state index >= 15 is 0 Å². The average Bonchev–Trinajstić information content (AvgIpc) is 3.19. The quantitative estimate of drug-likeness (QED) is 0.559. The molecule has 1 atom stereocenters. The van der Waals surface area contributed by atoms with Gasteiger partial charge in [-0.1, -0.05) is 29.8 Å². The molecule has 7 heteroatoms. The van der Waals surface area contributed by atoms with Crippen LogP contribution in [-0.4, -0.2) is 57.3 Å². The molecule has 2 aliphatic heterocycles. The highest BCUT2D eigenvalue weighted by Gasteiger charge is 2.25. The molecule has 1 saturated heterocycles. The Labute approximate surface area is 176 Å². The Hall–Kier alpha value is -1.83. The van der Waals surface area contributed by atoms with E-state index in [1.165, 1.54) is 10.5 Å². The summed E-state index contributed by atoms with van der Waals surface area (Å²) < 4.78 is 16.4. The van der Waals surface area contributed by atoms with Gasteiger partial charge < -0.3 is 29.1 Å². The molecule has 3 N–H and O–H groups in total. The van der Waals surface area contributed by atoms with Crippen LogP contribution in [0.2, 0.25) is 5.02 Å². The fourth-order valence-electron chi connectivity index (χ4n) is 3.96. The maximum absolute atomic E-state index is 10.4. The van der Waals surface area contributed by atoms with E-state index in [4.69, 9.17) is 25.8 Å². The molecule has 0 radical (unpaired) electrons. The first kappa shape index (κ1) is 20.4. The van der Waals surface area contributed by atoms with E-state index in [-0.39, 0.29) is 6.79 Å². The number of rotatable bonds is 8. The second-order valence-corrected chi connectivity index (χ2v) is 8.30. The third-order valence-electron chi connectivity index (χ3n) is 5.57. The van der Waals surface area contributed by atoms with Gasteiger partial charge in [-0.3, -0.25) is 0 Å². The number of nitrogens with one attached hydrogen (secondary N) is 2. The van der Waals surface area contributed by atoms with Gasteiger partial charge in [0.25, 0.3) is 0 Å². The number of ether oxygens (including phenoxy) is 3. The van der Waals surface area contributed by atoms with Crippen molar-refractivity contribution in [3.05, 3.63) is 58.6 Å². The molecule has 2 heterocycles. The largest absolute Gasteiger partial charge is 0.454 e. The fourth-order valence-corrected chi connectivity index (χ4v) is 4.09. The van der Waals surface area contributed by atoms with Gasteiger partial charge in [0, 0.05) is 10.6 Å². The Bertz CT molecular complexity index is 794. The molecule has 0 bridgehead atoms. The lowest BCUT2D eigenvalue weighted by atomic mass is 10.2. The van der Waals surface area contributed by atoms with Crippen molar-refractivity contribution in [2.75, 3.05) is 46.1 Å². The number of piperazine rings is 1. The van der Waals surface area contributed by atoms with Gasteiger partial charge in [0.1, 0.15) is 45.4 Å². The predicted molar refractivity (Wildman–Crippen MR) is 110 cm³/mol. The number of benzene rings is 2. The second kappa shape index (κ2) is 9.78. The SMILES string of the molecule is O[C@H](COCc1ccc2c(c1)OCO2)C[NH+]1CC[NH+](Cc2ccc(Cl)cc2)CC1. The highest BCUT2D eigenvalue weighted by Crippen LogP contribution is 2.32. The molecule has 0 spiro atoms. The average molecular weight is 421 g/mol. The van der Waals surface area contributed by atoms with Crippen LogP contribution in [0.25, 0.3) is 0 Å². The minimum absolute atomic E-state index is 0.274. The summed E-state index contributed by atoms with van der Waals surface area (Å²) >= 11 is 5.96. The number of hydrogen-bond acceptors (Lipinski definition) is 4. The molecule has 0 unspecified atom stereocenters. The maximum Gasteiger partial charge on any atom is 0.231 e. The van der Waals surface area contributed by atoms with Crippen LogP contribution in [0.15, 0.2) is 42.5 Å². The molecule has 0 amide bonds. The number of fused-ring (bicyclic) bond motifs is 1. The zero-order valence-electron chi connectivity index (χ0n) is 16.5. The molecule has 2 aromatic rings. The summed E-state index contributed by atoms with van der Waals surface area (Å²) in [4.78, 5) is 3.04. The van der Waals surface area contributed by atoms with Gasteiger partial charge in [-0.25, -0.2) is 0 Å². The van der Waals surface area contributed by atoms with Gasteiger partial charge in [-0.05, 0) is 29.8 Å². The minimum Gasteiger partial charge on any atom is -0.454 e. The molecule has 2 aliphatic rings. The number of aliphatic hydroxyl groups is 1. The van der Waals surface area contributed by atoms with Crippen LogP contribution in [0.4, 0.5) is 0 Å². The molecule has 0 saturated carbocycles. The second-order valence-electron chi connectivity index (χ2n) is 7.86. The summed E-state index contributed by atoms with van der Waals surface area (Å²) in [5, 5.41) is 11.1. The zero-order chi connectivity index (χ0) is 20.1.